The second kappa shape index (κ2) is 5.19. The maximum Gasteiger partial charge on any atom is 0.193 e. The maximum atomic E-state index is 4.68. The number of aromatic nitrogens is 2. The molecule has 0 spiro atoms. The van der Waals surface area contributed by atoms with Gasteiger partial charge in [-0.15, -0.1) is 11.3 Å². The molecule has 0 radical (unpaired) electrons. The molecule has 0 saturated heterocycles. The number of hydrogen-bond acceptors (Lipinski definition) is 3. The van der Waals surface area contributed by atoms with E-state index < -0.39 is 0 Å². The molecule has 4 heteroatoms. The Labute approximate surface area is 107 Å². The SMILES string of the molecule is CCCC(C)(CNC)Cc1cn2ccsc2n1. The topological polar surface area (TPSA) is 29.3 Å². The molecule has 17 heavy (non-hydrogen) atoms. The van der Waals surface area contributed by atoms with Crippen molar-refractivity contribution < 1.29 is 0 Å². The van der Waals surface area contributed by atoms with E-state index in [4.69, 9.17) is 0 Å². The molecule has 0 aromatic carbocycles. The van der Waals surface area contributed by atoms with Crippen molar-refractivity contribution in [2.45, 2.75) is 33.1 Å². The summed E-state index contributed by atoms with van der Waals surface area (Å²) in [5, 5.41) is 5.38. The van der Waals surface area contributed by atoms with Crippen LogP contribution in [0.5, 0.6) is 0 Å². The van der Waals surface area contributed by atoms with E-state index in [0.717, 1.165) is 17.9 Å². The number of fused-ring (bicyclic) bond motifs is 1. The Kier molecular flexibility index (Phi) is 3.84. The van der Waals surface area contributed by atoms with Crippen molar-refractivity contribution in [2.75, 3.05) is 13.6 Å². The van der Waals surface area contributed by atoms with Crippen molar-refractivity contribution in [3.05, 3.63) is 23.5 Å². The first kappa shape index (κ1) is 12.6. The summed E-state index contributed by atoms with van der Waals surface area (Å²) in [5.41, 5.74) is 1.52. The zero-order valence-electron chi connectivity index (χ0n) is 10.9. The third-order valence-electron chi connectivity index (χ3n) is 3.21. The van der Waals surface area contributed by atoms with Crippen molar-refractivity contribution in [1.29, 1.82) is 0 Å². The summed E-state index contributed by atoms with van der Waals surface area (Å²) in [5.74, 6) is 0. The van der Waals surface area contributed by atoms with Crippen LogP contribution in [0.3, 0.4) is 0 Å². The fourth-order valence-electron chi connectivity index (χ4n) is 2.57. The number of imidazole rings is 1. The van der Waals surface area contributed by atoms with E-state index in [9.17, 15) is 0 Å². The van der Waals surface area contributed by atoms with E-state index in [-0.39, 0.29) is 0 Å². The molecule has 3 nitrogen and oxygen atoms in total. The van der Waals surface area contributed by atoms with Gasteiger partial charge in [0.1, 0.15) is 0 Å². The fraction of sp³-hybridized carbons (Fsp3) is 0.615. The number of nitrogens with one attached hydrogen (secondary N) is 1. The highest BCUT2D eigenvalue weighted by atomic mass is 32.1. The van der Waals surface area contributed by atoms with E-state index in [2.05, 4.69) is 46.3 Å². The van der Waals surface area contributed by atoms with Crippen molar-refractivity contribution in [1.82, 2.24) is 14.7 Å². The van der Waals surface area contributed by atoms with Gasteiger partial charge in [-0.3, -0.25) is 4.40 Å². The summed E-state index contributed by atoms with van der Waals surface area (Å²) in [4.78, 5) is 5.78. The molecule has 2 aromatic rings. The van der Waals surface area contributed by atoms with Crippen molar-refractivity contribution in [3.63, 3.8) is 0 Å². The van der Waals surface area contributed by atoms with Gasteiger partial charge in [-0.25, -0.2) is 4.98 Å². The monoisotopic (exact) mass is 251 g/mol. The largest absolute Gasteiger partial charge is 0.319 e. The predicted molar refractivity (Wildman–Crippen MR) is 73.7 cm³/mol. The first-order chi connectivity index (χ1) is 8.17. The molecule has 0 bridgehead atoms. The second-order valence-electron chi connectivity index (χ2n) is 5.09. The average molecular weight is 251 g/mol. The third kappa shape index (κ3) is 2.87. The van der Waals surface area contributed by atoms with E-state index in [1.807, 2.05) is 7.05 Å². The molecule has 1 N–H and O–H groups in total. The van der Waals surface area contributed by atoms with Crippen molar-refractivity contribution in [2.24, 2.45) is 5.41 Å². The lowest BCUT2D eigenvalue weighted by Crippen LogP contribution is -2.31. The minimum absolute atomic E-state index is 0.313. The van der Waals surface area contributed by atoms with Crippen LogP contribution >= 0.6 is 11.3 Å². The van der Waals surface area contributed by atoms with Gasteiger partial charge in [-0.05, 0) is 25.3 Å². The normalized spacial score (nSPS) is 15.2. The van der Waals surface area contributed by atoms with Crippen molar-refractivity contribution >= 4 is 16.3 Å². The summed E-state index contributed by atoms with van der Waals surface area (Å²) in [6.45, 7) is 5.64. The van der Waals surface area contributed by atoms with Gasteiger partial charge >= 0.3 is 0 Å². The van der Waals surface area contributed by atoms with Crippen LogP contribution < -0.4 is 5.32 Å². The van der Waals surface area contributed by atoms with Gasteiger partial charge in [0.2, 0.25) is 0 Å². The van der Waals surface area contributed by atoms with Gasteiger partial charge in [0.15, 0.2) is 4.96 Å². The predicted octanol–water partition coefficient (Wildman–Crippen LogP) is 2.96. The van der Waals surface area contributed by atoms with Gasteiger partial charge in [0.05, 0.1) is 5.69 Å². The zero-order valence-corrected chi connectivity index (χ0v) is 11.7. The van der Waals surface area contributed by atoms with Crippen LogP contribution in [0.15, 0.2) is 17.8 Å². The molecule has 94 valence electrons. The fourth-order valence-corrected chi connectivity index (χ4v) is 3.29. The molecule has 0 aliphatic rings. The molecule has 2 aromatic heterocycles. The summed E-state index contributed by atoms with van der Waals surface area (Å²) >= 11 is 1.70. The van der Waals surface area contributed by atoms with Crippen LogP contribution in [0.25, 0.3) is 4.96 Å². The minimum Gasteiger partial charge on any atom is -0.319 e. The number of hydrogen-bond donors (Lipinski definition) is 1. The van der Waals surface area contributed by atoms with Gasteiger partial charge in [0.25, 0.3) is 0 Å². The van der Waals surface area contributed by atoms with Crippen LogP contribution in [0, 0.1) is 5.41 Å². The molecule has 0 aliphatic carbocycles. The van der Waals surface area contributed by atoms with Crippen LogP contribution in [0.4, 0.5) is 0 Å². The minimum atomic E-state index is 0.313. The summed E-state index contributed by atoms with van der Waals surface area (Å²) in [7, 11) is 2.03. The number of thiazole rings is 1. The van der Waals surface area contributed by atoms with Crippen LogP contribution in [-0.4, -0.2) is 23.0 Å². The van der Waals surface area contributed by atoms with Gasteiger partial charge in [0, 0.05) is 24.3 Å². The molecule has 0 fully saturated rings. The van der Waals surface area contributed by atoms with Crippen LogP contribution in [-0.2, 0) is 6.42 Å². The van der Waals surface area contributed by atoms with Crippen LogP contribution in [0.2, 0.25) is 0 Å². The number of rotatable bonds is 6. The van der Waals surface area contributed by atoms with Crippen molar-refractivity contribution in [3.8, 4) is 0 Å². The van der Waals surface area contributed by atoms with E-state index in [0.29, 0.717) is 5.41 Å². The molecule has 2 heterocycles. The highest BCUT2D eigenvalue weighted by Gasteiger charge is 2.24. The zero-order chi connectivity index (χ0) is 12.3. The highest BCUT2D eigenvalue weighted by Crippen LogP contribution is 2.27. The Morgan fingerprint density at radius 2 is 2.35 bits per heavy atom. The third-order valence-corrected chi connectivity index (χ3v) is 3.98. The summed E-state index contributed by atoms with van der Waals surface area (Å²) < 4.78 is 2.12. The van der Waals surface area contributed by atoms with E-state index in [1.54, 1.807) is 11.3 Å². The Hall–Kier alpha value is -0.870. The smallest absolute Gasteiger partial charge is 0.193 e. The lowest BCUT2D eigenvalue weighted by atomic mass is 9.81. The van der Waals surface area contributed by atoms with E-state index >= 15 is 0 Å². The first-order valence-corrected chi connectivity index (χ1v) is 7.10. The molecule has 2 rings (SSSR count). The van der Waals surface area contributed by atoms with Gasteiger partial charge in [-0.2, -0.15) is 0 Å². The summed E-state index contributed by atoms with van der Waals surface area (Å²) in [6.07, 6.45) is 7.75. The molecule has 0 amide bonds. The molecular formula is C13H21N3S. The Bertz CT molecular complexity index is 437. The van der Waals surface area contributed by atoms with E-state index in [1.165, 1.54) is 18.5 Å². The molecule has 0 saturated carbocycles. The highest BCUT2D eigenvalue weighted by molar-refractivity contribution is 7.15. The molecule has 1 atom stereocenters. The Balaban J connectivity index is 2.14. The molecule has 1 unspecified atom stereocenters. The first-order valence-electron chi connectivity index (χ1n) is 6.22. The Morgan fingerprint density at radius 3 is 3.00 bits per heavy atom. The maximum absolute atomic E-state index is 4.68. The Morgan fingerprint density at radius 1 is 1.53 bits per heavy atom. The quantitative estimate of drug-likeness (QED) is 0.855. The molecule has 0 aliphatic heterocycles. The van der Waals surface area contributed by atoms with Gasteiger partial charge < -0.3 is 5.32 Å². The standard InChI is InChI=1S/C13H21N3S/c1-4-5-13(2,10-14-3)8-11-9-16-6-7-17-12(16)15-11/h6-7,9,14H,4-5,8,10H2,1-3H3. The average Bonchev–Trinajstić information content (AvgIpc) is 2.77. The van der Waals surface area contributed by atoms with Gasteiger partial charge in [-0.1, -0.05) is 20.3 Å². The lowest BCUT2D eigenvalue weighted by molar-refractivity contribution is 0.280. The molecular weight excluding hydrogens is 230 g/mol. The summed E-state index contributed by atoms with van der Waals surface area (Å²) in [6, 6.07) is 0. The number of nitrogens with zero attached hydrogens (tertiary/aromatic N) is 2. The lowest BCUT2D eigenvalue weighted by Gasteiger charge is -2.28. The van der Waals surface area contributed by atoms with Crippen LogP contribution in [0.1, 0.15) is 32.4 Å². The second-order valence-corrected chi connectivity index (χ2v) is 5.97.